The number of carbonyl (C=O) groups is 6. The van der Waals surface area contributed by atoms with Gasteiger partial charge in [-0.15, -0.1) is 0 Å². The minimum Gasteiger partial charge on any atom is -0.496 e. The third kappa shape index (κ3) is 15.5. The molecule has 4 N–H and O–H groups in total. The summed E-state index contributed by atoms with van der Waals surface area (Å²) in [6.45, 7) is 17.2. The van der Waals surface area contributed by atoms with Crippen LogP contribution in [-0.4, -0.2) is 137 Å². The molecule has 2 aromatic carbocycles. The maximum Gasteiger partial charge on any atom is 0.329 e. The van der Waals surface area contributed by atoms with Gasteiger partial charge in [-0.3, -0.25) is 28.9 Å². The van der Waals surface area contributed by atoms with Crippen LogP contribution in [0.3, 0.4) is 0 Å². The van der Waals surface area contributed by atoms with Gasteiger partial charge in [0, 0.05) is 56.0 Å². The highest BCUT2D eigenvalue weighted by Gasteiger charge is 2.41. The number of carbonyl (C=O) groups excluding carboxylic acids is 6. The van der Waals surface area contributed by atoms with E-state index in [1.165, 1.54) is 30.8 Å². The molecule has 0 saturated carbocycles. The Labute approximate surface area is 420 Å². The predicted molar refractivity (Wildman–Crippen MR) is 272 cm³/mol. The van der Waals surface area contributed by atoms with Crippen LogP contribution < -0.4 is 20.7 Å². The average Bonchev–Trinajstić information content (AvgIpc) is 3.66. The van der Waals surface area contributed by atoms with Crippen LogP contribution in [-0.2, 0) is 46.5 Å². The number of fused-ring (bicyclic) bond motifs is 1. The highest BCUT2D eigenvalue weighted by Crippen LogP contribution is 2.28. The summed E-state index contributed by atoms with van der Waals surface area (Å²) in [6.07, 6.45) is -0.312. The van der Waals surface area contributed by atoms with Gasteiger partial charge in [-0.25, -0.2) is 4.79 Å². The van der Waals surface area contributed by atoms with E-state index in [0.29, 0.717) is 12.3 Å². The number of rotatable bonds is 15. The number of methoxy groups -OCH3 is 1. The number of nitriles is 1. The first kappa shape index (κ1) is 57.6. The van der Waals surface area contributed by atoms with Gasteiger partial charge < -0.3 is 44.9 Å². The molecule has 0 bridgehead atoms. The number of hydrogen-bond donors (Lipinski definition) is 4. The Morgan fingerprint density at radius 3 is 1.83 bits per heavy atom. The number of nitrogens with zero attached hydrogens (tertiary/aromatic N) is 5. The summed E-state index contributed by atoms with van der Waals surface area (Å²) >= 11 is 0. The molecule has 17 nitrogen and oxygen atoms in total. The average molecular weight is 985 g/mol. The van der Waals surface area contributed by atoms with Gasteiger partial charge in [0.25, 0.3) is 5.91 Å². The number of para-hydroxylation sites is 2. The highest BCUT2D eigenvalue weighted by molar-refractivity contribution is 5.96. The van der Waals surface area contributed by atoms with Gasteiger partial charge in [-0.1, -0.05) is 91.8 Å². The summed E-state index contributed by atoms with van der Waals surface area (Å²) in [4.78, 5) is 91.6. The highest BCUT2D eigenvalue weighted by atomic mass is 16.5. The number of benzene rings is 2. The van der Waals surface area contributed by atoms with Crippen molar-refractivity contribution in [2.75, 3.05) is 28.3 Å². The summed E-state index contributed by atoms with van der Waals surface area (Å²) in [5, 5.41) is 31.3. The number of esters is 1. The molecule has 3 aromatic rings. The van der Waals surface area contributed by atoms with E-state index >= 15 is 9.59 Å². The van der Waals surface area contributed by atoms with Crippen LogP contribution in [0, 0.1) is 35.0 Å². The first-order valence-electron chi connectivity index (χ1n) is 25.1. The Morgan fingerprint density at radius 1 is 0.704 bits per heavy atom. The zero-order chi connectivity index (χ0) is 52.9. The van der Waals surface area contributed by atoms with Gasteiger partial charge in [0.1, 0.15) is 36.1 Å². The lowest BCUT2D eigenvalue weighted by atomic mass is 9.96. The van der Waals surface area contributed by atoms with Gasteiger partial charge in [-0.05, 0) is 81.0 Å². The Morgan fingerprint density at radius 2 is 1.25 bits per heavy atom. The summed E-state index contributed by atoms with van der Waals surface area (Å²) in [6, 6.07) is 10.8. The quantitative estimate of drug-likeness (QED) is 0.142. The Balaban J connectivity index is 1.93. The molecular formula is C54H80N8O9. The number of ether oxygens (including phenoxy) is 2. The first-order valence-corrected chi connectivity index (χ1v) is 25.1. The van der Waals surface area contributed by atoms with Crippen molar-refractivity contribution >= 4 is 46.4 Å². The maximum absolute atomic E-state index is 15.2. The van der Waals surface area contributed by atoms with Gasteiger partial charge in [0.15, 0.2) is 6.10 Å². The standard InChI is InChI=1S/C54H80N8O9/c1-32(2)25-40-51(66)59(10)36(9)54(69)71-47(23-18-24-55)50(65)58-42(27-34(5)6)53(68)60(11)44(28-35(7)8)48(63)57-41(26-33(3)4)52(67)61(12)45(49(64)56-40)29-38-31-62(43-21-16-15-20-39(38)43)30-37-19-14-17-22-46(37)70-13/h14-17,19-22,31-36,40-42,44-45,47,53,68H,18,23,25-30H2,1-13H3,(H,56,64)(H,57,63)(H,58,65)/t36-,40-,41-,42-,44-,45-,47+,53?/m0/s1. The maximum atomic E-state index is 15.2. The number of aliphatic hydroxyl groups is 1. The molecule has 390 valence electrons. The van der Waals surface area contributed by atoms with Crippen molar-refractivity contribution in [2.45, 2.75) is 162 Å². The van der Waals surface area contributed by atoms with E-state index in [-0.39, 0.29) is 68.6 Å². The van der Waals surface area contributed by atoms with Crippen molar-refractivity contribution in [3.05, 3.63) is 65.9 Å². The fraction of sp³-hybridized carbons (Fsp3) is 0.611. The van der Waals surface area contributed by atoms with Crippen molar-refractivity contribution < 1.29 is 43.3 Å². The van der Waals surface area contributed by atoms with Crippen LogP contribution in [0.15, 0.2) is 54.7 Å². The molecule has 1 aliphatic rings. The molecule has 1 saturated heterocycles. The molecule has 17 heteroatoms. The molecule has 0 radical (unpaired) electrons. The Kier molecular flexibility index (Phi) is 21.5. The molecule has 0 aliphatic carbocycles. The molecule has 8 atom stereocenters. The van der Waals surface area contributed by atoms with Crippen molar-refractivity contribution in [3.8, 4) is 11.8 Å². The molecule has 0 spiro atoms. The number of aromatic nitrogens is 1. The normalized spacial score (nSPS) is 24.2. The molecular weight excluding hydrogens is 905 g/mol. The lowest BCUT2D eigenvalue weighted by Crippen LogP contribution is -2.61. The summed E-state index contributed by atoms with van der Waals surface area (Å²) in [5.74, 6) is -3.57. The molecule has 1 unspecified atom stereocenters. The number of likely N-dealkylation sites (N-methyl/N-ethyl adjacent to an activating group) is 3. The van der Waals surface area contributed by atoms with E-state index in [2.05, 4.69) is 20.5 Å². The second kappa shape index (κ2) is 26.5. The SMILES string of the molecule is COc1ccccc1Cn1cc(C[C@H]2C(=O)N[C@@H](CC(C)C)C(=O)N(C)[C@@H](C)C(=O)O[C@H](CCC#N)C(=O)N[C@@H](CC(C)C)C(O)N(C)[C@@H](CC(C)C)C(=O)N[C@@H](CC(C)C)C(=O)N2C)c2ccccc21. The van der Waals surface area contributed by atoms with Gasteiger partial charge in [-0.2, -0.15) is 5.26 Å². The topological polar surface area (TPSA) is 216 Å². The summed E-state index contributed by atoms with van der Waals surface area (Å²) in [7, 11) is 6.14. The number of aliphatic hydroxyl groups excluding tert-OH is 1. The van der Waals surface area contributed by atoms with Crippen molar-refractivity contribution in [3.63, 3.8) is 0 Å². The summed E-state index contributed by atoms with van der Waals surface area (Å²) < 4.78 is 13.5. The second-order valence-electron chi connectivity index (χ2n) is 20.9. The van der Waals surface area contributed by atoms with Crippen molar-refractivity contribution in [1.29, 1.82) is 5.26 Å². The third-order valence-electron chi connectivity index (χ3n) is 13.2. The lowest BCUT2D eigenvalue weighted by molar-refractivity contribution is -0.164. The Bertz CT molecular complexity index is 2340. The van der Waals surface area contributed by atoms with Crippen LogP contribution in [0.25, 0.3) is 10.9 Å². The molecule has 1 aromatic heterocycles. The van der Waals surface area contributed by atoms with E-state index in [0.717, 1.165) is 26.9 Å². The molecule has 4 rings (SSSR count). The fourth-order valence-corrected chi connectivity index (χ4v) is 9.25. The smallest absolute Gasteiger partial charge is 0.329 e. The number of cyclic esters (lactones) is 1. The van der Waals surface area contributed by atoms with Crippen molar-refractivity contribution in [2.24, 2.45) is 23.7 Å². The fourth-order valence-electron chi connectivity index (χ4n) is 9.25. The molecule has 5 amide bonds. The minimum absolute atomic E-state index is 0.0181. The molecule has 1 fully saturated rings. The van der Waals surface area contributed by atoms with Crippen LogP contribution in [0.5, 0.6) is 5.75 Å². The van der Waals surface area contributed by atoms with Crippen LogP contribution in [0.2, 0.25) is 0 Å². The zero-order valence-corrected chi connectivity index (χ0v) is 44.2. The van der Waals surface area contributed by atoms with Gasteiger partial charge in [0.05, 0.1) is 31.8 Å². The minimum atomic E-state index is -1.46. The zero-order valence-electron chi connectivity index (χ0n) is 44.2. The van der Waals surface area contributed by atoms with E-state index in [9.17, 15) is 29.5 Å². The summed E-state index contributed by atoms with van der Waals surface area (Å²) in [5.41, 5.74) is 2.57. The molecule has 1 aliphatic heterocycles. The number of nitrogens with one attached hydrogen (secondary N) is 3. The van der Waals surface area contributed by atoms with Gasteiger partial charge in [0.2, 0.25) is 23.6 Å². The third-order valence-corrected chi connectivity index (χ3v) is 13.2. The molecule has 2 heterocycles. The van der Waals surface area contributed by atoms with E-state index < -0.39 is 84.1 Å². The lowest BCUT2D eigenvalue weighted by Gasteiger charge is -2.38. The van der Waals surface area contributed by atoms with Crippen molar-refractivity contribution in [1.82, 2.24) is 35.2 Å². The predicted octanol–water partition coefficient (Wildman–Crippen LogP) is 5.40. The first-order chi connectivity index (χ1) is 33.5. The van der Waals surface area contributed by atoms with Crippen LogP contribution >= 0.6 is 0 Å². The van der Waals surface area contributed by atoms with Crippen LogP contribution in [0.1, 0.15) is 112 Å². The number of amides is 5. The Hall–Kier alpha value is -5.99. The van der Waals surface area contributed by atoms with E-state index in [1.54, 1.807) is 14.2 Å². The monoisotopic (exact) mass is 985 g/mol. The van der Waals surface area contributed by atoms with E-state index in [1.807, 2.05) is 116 Å². The molecule has 71 heavy (non-hydrogen) atoms. The largest absolute Gasteiger partial charge is 0.496 e. The van der Waals surface area contributed by atoms with Gasteiger partial charge >= 0.3 is 5.97 Å². The van der Waals surface area contributed by atoms with Crippen LogP contribution in [0.4, 0.5) is 0 Å². The van der Waals surface area contributed by atoms with E-state index in [4.69, 9.17) is 9.47 Å². The number of hydrogen-bond acceptors (Lipinski definition) is 11. The second-order valence-corrected chi connectivity index (χ2v) is 20.9.